The normalized spacial score (nSPS) is 19.6. The quantitative estimate of drug-likeness (QED) is 0.835. The van der Waals surface area contributed by atoms with Crippen LogP contribution < -0.4 is 5.56 Å². The van der Waals surface area contributed by atoms with Crippen LogP contribution in [0.1, 0.15) is 44.9 Å². The van der Waals surface area contributed by atoms with Crippen LogP contribution in [0, 0.1) is 0 Å². The van der Waals surface area contributed by atoms with Crippen LogP contribution in [0.15, 0.2) is 29.3 Å². The summed E-state index contributed by atoms with van der Waals surface area (Å²) < 4.78 is 5.57. The molecule has 1 unspecified atom stereocenters. The molecule has 30 heavy (non-hydrogen) atoms. The molecule has 0 aromatic carbocycles. The molecule has 0 spiro atoms. The van der Waals surface area contributed by atoms with Gasteiger partial charge in [-0.05, 0) is 45.7 Å². The van der Waals surface area contributed by atoms with Crippen molar-refractivity contribution in [2.75, 3.05) is 19.6 Å². The van der Waals surface area contributed by atoms with Crippen LogP contribution in [0.25, 0.3) is 11.4 Å². The molecule has 8 nitrogen and oxygen atoms in total. The highest BCUT2D eigenvalue weighted by Gasteiger charge is 2.34. The predicted molar refractivity (Wildman–Crippen MR) is 113 cm³/mol. The highest BCUT2D eigenvalue weighted by Crippen LogP contribution is 2.24. The molecule has 1 fully saturated rings. The summed E-state index contributed by atoms with van der Waals surface area (Å²) in [6.07, 6.45) is 5.79. The van der Waals surface area contributed by atoms with Crippen molar-refractivity contribution >= 4 is 6.09 Å². The number of aromatic nitrogens is 3. The lowest BCUT2D eigenvalue weighted by atomic mass is 10.1. The lowest BCUT2D eigenvalue weighted by Crippen LogP contribution is -2.47. The largest absolute Gasteiger partial charge is 0.444 e. The number of rotatable bonds is 3. The summed E-state index contributed by atoms with van der Waals surface area (Å²) in [6, 6.07) is 3.83. The minimum absolute atomic E-state index is 0.0982. The molecule has 2 aromatic heterocycles. The molecule has 0 saturated carbocycles. The van der Waals surface area contributed by atoms with Crippen LogP contribution in [0.3, 0.4) is 0 Å². The van der Waals surface area contributed by atoms with E-state index in [0.717, 1.165) is 49.3 Å². The van der Waals surface area contributed by atoms with Crippen molar-refractivity contribution in [1.29, 1.82) is 0 Å². The molecule has 2 aliphatic rings. The number of pyridine rings is 1. The van der Waals surface area contributed by atoms with E-state index in [-0.39, 0.29) is 17.7 Å². The van der Waals surface area contributed by atoms with E-state index in [0.29, 0.717) is 18.8 Å². The van der Waals surface area contributed by atoms with Gasteiger partial charge in [0.15, 0.2) is 0 Å². The van der Waals surface area contributed by atoms with Gasteiger partial charge in [0.1, 0.15) is 11.4 Å². The Kier molecular flexibility index (Phi) is 5.60. The highest BCUT2D eigenvalue weighted by molar-refractivity contribution is 5.69. The van der Waals surface area contributed by atoms with Gasteiger partial charge in [-0.25, -0.2) is 9.78 Å². The Balaban J connectivity index is 1.46. The molecule has 2 aliphatic heterocycles. The van der Waals surface area contributed by atoms with Gasteiger partial charge in [-0.15, -0.1) is 0 Å². The van der Waals surface area contributed by atoms with E-state index in [1.165, 1.54) is 0 Å². The van der Waals surface area contributed by atoms with E-state index in [9.17, 15) is 9.59 Å². The van der Waals surface area contributed by atoms with Gasteiger partial charge >= 0.3 is 6.09 Å². The molecule has 160 valence electrons. The molecule has 0 bridgehead atoms. The van der Waals surface area contributed by atoms with Gasteiger partial charge in [0.2, 0.25) is 0 Å². The molecular weight excluding hydrogens is 382 g/mol. The molecule has 0 aliphatic carbocycles. The summed E-state index contributed by atoms with van der Waals surface area (Å²) in [4.78, 5) is 41.1. The number of hydrogen-bond acceptors (Lipinski definition) is 6. The maximum Gasteiger partial charge on any atom is 0.410 e. The zero-order valence-corrected chi connectivity index (χ0v) is 17.9. The van der Waals surface area contributed by atoms with E-state index in [4.69, 9.17) is 4.74 Å². The third-order valence-corrected chi connectivity index (χ3v) is 5.56. The number of H-pyrrole nitrogens is 1. The first-order valence-electron chi connectivity index (χ1n) is 10.5. The maximum absolute atomic E-state index is 12.7. The van der Waals surface area contributed by atoms with Crippen LogP contribution >= 0.6 is 0 Å². The van der Waals surface area contributed by atoms with Gasteiger partial charge in [0.25, 0.3) is 5.56 Å². The number of carbonyl (C=O) groups excluding carboxylic acids is 1. The van der Waals surface area contributed by atoms with Gasteiger partial charge in [0, 0.05) is 56.6 Å². The Hall–Kier alpha value is -2.74. The number of fused-ring (bicyclic) bond motifs is 1. The van der Waals surface area contributed by atoms with Crippen molar-refractivity contribution in [3.63, 3.8) is 0 Å². The molecule has 1 amide bonds. The highest BCUT2D eigenvalue weighted by atomic mass is 16.6. The fraction of sp³-hybridized carbons (Fsp3) is 0.545. The molecule has 1 N–H and O–H groups in total. The van der Waals surface area contributed by atoms with Gasteiger partial charge in [0.05, 0.1) is 11.3 Å². The van der Waals surface area contributed by atoms with Gasteiger partial charge in [-0.2, -0.15) is 0 Å². The van der Waals surface area contributed by atoms with Crippen molar-refractivity contribution in [3.8, 4) is 11.4 Å². The van der Waals surface area contributed by atoms with Gasteiger partial charge in [-0.1, -0.05) is 0 Å². The Morgan fingerprint density at radius 1 is 1.33 bits per heavy atom. The average molecular weight is 412 g/mol. The third kappa shape index (κ3) is 4.53. The number of aromatic amines is 1. The van der Waals surface area contributed by atoms with Gasteiger partial charge in [-0.3, -0.25) is 14.7 Å². The number of carbonyl (C=O) groups is 1. The standard InChI is InChI=1S/C22H29N5O3/c1-22(2,3)30-21(29)27-10-5-7-16(27)13-26-11-8-18-17(14-26)20(28)25-19(24-18)15-6-4-9-23-12-15/h4,6,9,12,16H,5,7-8,10-11,13-14H2,1-3H3,(H,24,25,28). The molecule has 4 heterocycles. The lowest BCUT2D eigenvalue weighted by molar-refractivity contribution is 0.0192. The molecule has 8 heteroatoms. The number of ether oxygens (including phenoxy) is 1. The Morgan fingerprint density at radius 2 is 2.17 bits per heavy atom. The van der Waals surface area contributed by atoms with Crippen LogP contribution in [-0.4, -0.2) is 62.1 Å². The summed E-state index contributed by atoms with van der Waals surface area (Å²) >= 11 is 0. The zero-order valence-electron chi connectivity index (χ0n) is 17.9. The van der Waals surface area contributed by atoms with Crippen molar-refractivity contribution in [2.24, 2.45) is 0 Å². The first-order valence-corrected chi connectivity index (χ1v) is 10.5. The summed E-state index contributed by atoms with van der Waals surface area (Å²) in [5.41, 5.74) is 1.77. The van der Waals surface area contributed by atoms with Crippen LogP contribution in [0.5, 0.6) is 0 Å². The van der Waals surface area contributed by atoms with E-state index in [2.05, 4.69) is 19.9 Å². The zero-order chi connectivity index (χ0) is 21.3. The first-order chi connectivity index (χ1) is 14.3. The summed E-state index contributed by atoms with van der Waals surface area (Å²) in [5.74, 6) is 0.562. The predicted octanol–water partition coefficient (Wildman–Crippen LogP) is 2.59. The monoisotopic (exact) mass is 411 g/mol. The second-order valence-corrected chi connectivity index (χ2v) is 9.04. The topological polar surface area (TPSA) is 91.4 Å². The van der Waals surface area contributed by atoms with Crippen molar-refractivity contribution in [2.45, 2.75) is 58.2 Å². The third-order valence-electron chi connectivity index (χ3n) is 5.56. The summed E-state index contributed by atoms with van der Waals surface area (Å²) in [6.45, 7) is 8.48. The first kappa shape index (κ1) is 20.5. The van der Waals surface area contributed by atoms with Crippen LogP contribution in [0.2, 0.25) is 0 Å². The van der Waals surface area contributed by atoms with Gasteiger partial charge < -0.3 is 14.6 Å². The fourth-order valence-corrected chi connectivity index (χ4v) is 4.16. The minimum atomic E-state index is -0.501. The lowest BCUT2D eigenvalue weighted by Gasteiger charge is -2.34. The number of hydrogen-bond donors (Lipinski definition) is 1. The molecule has 1 atom stereocenters. The van der Waals surface area contributed by atoms with Crippen LogP contribution in [-0.2, 0) is 17.7 Å². The molecule has 4 rings (SSSR count). The summed E-state index contributed by atoms with van der Waals surface area (Å²) in [7, 11) is 0. The number of amides is 1. The summed E-state index contributed by atoms with van der Waals surface area (Å²) in [5, 5.41) is 0. The SMILES string of the molecule is CC(C)(C)OC(=O)N1CCCC1CN1CCc2nc(-c3cccnc3)[nH]c(=O)c2C1. The Labute approximate surface area is 176 Å². The van der Waals surface area contributed by atoms with E-state index in [1.54, 1.807) is 12.4 Å². The number of nitrogens with zero attached hydrogens (tertiary/aromatic N) is 4. The number of likely N-dealkylation sites (tertiary alicyclic amines) is 1. The van der Waals surface area contributed by atoms with Crippen molar-refractivity contribution in [3.05, 3.63) is 46.1 Å². The van der Waals surface area contributed by atoms with E-state index < -0.39 is 5.60 Å². The second kappa shape index (κ2) is 8.18. The Bertz CT molecular complexity index is 967. The number of nitrogens with one attached hydrogen (secondary N) is 1. The van der Waals surface area contributed by atoms with Crippen molar-refractivity contribution < 1.29 is 9.53 Å². The molecule has 0 radical (unpaired) electrons. The maximum atomic E-state index is 12.7. The Morgan fingerprint density at radius 3 is 2.90 bits per heavy atom. The van der Waals surface area contributed by atoms with Crippen LogP contribution in [0.4, 0.5) is 4.79 Å². The smallest absolute Gasteiger partial charge is 0.410 e. The minimum Gasteiger partial charge on any atom is -0.444 e. The molecule has 2 aromatic rings. The second-order valence-electron chi connectivity index (χ2n) is 9.04. The van der Waals surface area contributed by atoms with Crippen molar-refractivity contribution in [1.82, 2.24) is 24.8 Å². The van der Waals surface area contributed by atoms with E-state index >= 15 is 0 Å². The van der Waals surface area contributed by atoms with E-state index in [1.807, 2.05) is 37.8 Å². The average Bonchev–Trinajstić information content (AvgIpc) is 3.16. The molecule has 1 saturated heterocycles. The molecular formula is C22H29N5O3. The fourth-order valence-electron chi connectivity index (χ4n) is 4.16.